The van der Waals surface area contributed by atoms with Crippen molar-refractivity contribution < 1.29 is 27.1 Å². The van der Waals surface area contributed by atoms with Crippen LogP contribution in [0.2, 0.25) is 0 Å². The highest BCUT2D eigenvalue weighted by atomic mass is 19.4. The van der Waals surface area contributed by atoms with E-state index in [0.29, 0.717) is 28.7 Å². The summed E-state index contributed by atoms with van der Waals surface area (Å²) in [5, 5.41) is 0. The van der Waals surface area contributed by atoms with Crippen LogP contribution in [-0.2, 0) is 0 Å². The molecule has 0 bridgehead atoms. The Morgan fingerprint density at radius 3 is 2.52 bits per heavy atom. The first-order valence-electron chi connectivity index (χ1n) is 7.16. The van der Waals surface area contributed by atoms with Crippen molar-refractivity contribution in [2.45, 2.75) is 13.3 Å². The molecule has 0 aliphatic heterocycles. The van der Waals surface area contributed by atoms with Crippen LogP contribution >= 0.6 is 0 Å². The number of benzene rings is 2. The Kier molecular flexibility index (Phi) is 4.26. The molecular formula is C17H13F3N2O3. The molecule has 0 radical (unpaired) electrons. The highest BCUT2D eigenvalue weighted by Crippen LogP contribution is 2.36. The van der Waals surface area contributed by atoms with Crippen molar-refractivity contribution in [2.24, 2.45) is 0 Å². The minimum absolute atomic E-state index is 0.150. The summed E-state index contributed by atoms with van der Waals surface area (Å²) in [6.07, 6.45) is -3.23. The molecule has 0 aliphatic rings. The highest BCUT2D eigenvalue weighted by molar-refractivity contribution is 5.67. The van der Waals surface area contributed by atoms with E-state index in [1.54, 1.807) is 25.3 Å². The van der Waals surface area contributed by atoms with Gasteiger partial charge in [-0.2, -0.15) is 0 Å². The van der Waals surface area contributed by atoms with Crippen molar-refractivity contribution in [3.63, 3.8) is 0 Å². The molecule has 0 amide bonds. The van der Waals surface area contributed by atoms with E-state index >= 15 is 0 Å². The van der Waals surface area contributed by atoms with Gasteiger partial charge in [0.1, 0.15) is 23.0 Å². The third kappa shape index (κ3) is 4.23. The third-order valence-corrected chi connectivity index (χ3v) is 3.12. The molecule has 3 aromatic rings. The molecule has 25 heavy (non-hydrogen) atoms. The Balaban J connectivity index is 1.93. The Morgan fingerprint density at radius 1 is 1.08 bits per heavy atom. The maximum absolute atomic E-state index is 12.3. The van der Waals surface area contributed by atoms with Crippen LogP contribution in [0.4, 0.5) is 18.9 Å². The highest BCUT2D eigenvalue weighted by Gasteiger charge is 2.31. The van der Waals surface area contributed by atoms with Gasteiger partial charge in [0.25, 0.3) is 0 Å². The summed E-state index contributed by atoms with van der Waals surface area (Å²) in [5.41, 5.74) is 6.71. The number of oxazole rings is 1. The maximum atomic E-state index is 12.3. The number of nitrogen functional groups attached to an aromatic ring is 1. The number of nitrogens with zero attached hydrogens (tertiary/aromatic N) is 1. The lowest BCUT2D eigenvalue weighted by molar-refractivity contribution is -0.274. The van der Waals surface area contributed by atoms with Gasteiger partial charge < -0.3 is 19.6 Å². The monoisotopic (exact) mass is 350 g/mol. The third-order valence-electron chi connectivity index (χ3n) is 3.12. The first-order valence-corrected chi connectivity index (χ1v) is 7.16. The van der Waals surface area contributed by atoms with Crippen LogP contribution in [0, 0.1) is 6.92 Å². The van der Waals surface area contributed by atoms with Crippen molar-refractivity contribution in [2.75, 3.05) is 5.73 Å². The lowest BCUT2D eigenvalue weighted by Gasteiger charge is -2.12. The quantitative estimate of drug-likeness (QED) is 0.676. The van der Waals surface area contributed by atoms with Crippen LogP contribution in [0.5, 0.6) is 17.2 Å². The van der Waals surface area contributed by atoms with Crippen molar-refractivity contribution in [1.82, 2.24) is 4.98 Å². The molecule has 1 heterocycles. The lowest BCUT2D eigenvalue weighted by Crippen LogP contribution is -2.17. The van der Waals surface area contributed by atoms with Gasteiger partial charge in [-0.3, -0.25) is 0 Å². The summed E-state index contributed by atoms with van der Waals surface area (Å²) < 4.78 is 52.1. The number of ether oxygens (including phenoxy) is 2. The molecule has 2 N–H and O–H groups in total. The van der Waals surface area contributed by atoms with E-state index in [0.717, 1.165) is 6.07 Å². The predicted octanol–water partition coefficient (Wildman–Crippen LogP) is 4.92. The second kappa shape index (κ2) is 6.39. The molecule has 0 spiro atoms. The topological polar surface area (TPSA) is 70.5 Å². The van der Waals surface area contributed by atoms with Crippen molar-refractivity contribution in [3.05, 3.63) is 54.4 Å². The average Bonchev–Trinajstić information content (AvgIpc) is 2.92. The molecule has 0 atom stereocenters. The molecular weight excluding hydrogens is 337 g/mol. The summed E-state index contributed by atoms with van der Waals surface area (Å²) in [6.45, 7) is 1.74. The number of halogens is 3. The van der Waals surface area contributed by atoms with Crippen LogP contribution in [-0.4, -0.2) is 11.3 Å². The molecule has 1 aromatic heterocycles. The standard InChI is InChI=1S/C17H13F3N2O3/c1-10-9-22-16(23-10)14-6-5-11(21)7-15(14)24-12-3-2-4-13(8-12)25-17(18,19)20/h2-9H,21H2,1H3. The van der Waals surface area contributed by atoms with Crippen LogP contribution in [0.3, 0.4) is 0 Å². The summed E-state index contributed by atoms with van der Waals surface area (Å²) >= 11 is 0. The van der Waals surface area contributed by atoms with Gasteiger partial charge in [0.05, 0.1) is 11.8 Å². The zero-order chi connectivity index (χ0) is 18.0. The number of aryl methyl sites for hydroxylation is 1. The number of rotatable bonds is 4. The van der Waals surface area contributed by atoms with Gasteiger partial charge in [0, 0.05) is 17.8 Å². The minimum Gasteiger partial charge on any atom is -0.456 e. The Labute approximate surface area is 140 Å². The van der Waals surface area contributed by atoms with Gasteiger partial charge in [0.2, 0.25) is 5.89 Å². The van der Waals surface area contributed by atoms with E-state index in [-0.39, 0.29) is 11.5 Å². The summed E-state index contributed by atoms with van der Waals surface area (Å²) in [5.74, 6) is 0.985. The normalized spacial score (nSPS) is 11.4. The zero-order valence-electron chi connectivity index (χ0n) is 13.0. The first-order chi connectivity index (χ1) is 11.8. The molecule has 0 aliphatic carbocycles. The van der Waals surface area contributed by atoms with E-state index in [2.05, 4.69) is 9.72 Å². The van der Waals surface area contributed by atoms with Gasteiger partial charge in [-0.25, -0.2) is 4.98 Å². The number of alkyl halides is 3. The molecule has 8 heteroatoms. The summed E-state index contributed by atoms with van der Waals surface area (Å²) in [6, 6.07) is 10.0. The molecule has 5 nitrogen and oxygen atoms in total. The van der Waals surface area contributed by atoms with E-state index in [1.807, 2.05) is 0 Å². The van der Waals surface area contributed by atoms with Crippen molar-refractivity contribution >= 4 is 5.69 Å². The fourth-order valence-corrected chi connectivity index (χ4v) is 2.14. The zero-order valence-corrected chi connectivity index (χ0v) is 13.0. The van der Waals surface area contributed by atoms with E-state index in [1.165, 1.54) is 24.3 Å². The van der Waals surface area contributed by atoms with Gasteiger partial charge >= 0.3 is 6.36 Å². The molecule has 0 saturated heterocycles. The minimum atomic E-state index is -4.78. The number of aromatic nitrogens is 1. The molecule has 0 unspecified atom stereocenters. The molecule has 130 valence electrons. The largest absolute Gasteiger partial charge is 0.573 e. The van der Waals surface area contributed by atoms with Crippen molar-refractivity contribution in [1.29, 1.82) is 0 Å². The summed E-state index contributed by atoms with van der Waals surface area (Å²) in [7, 11) is 0. The lowest BCUT2D eigenvalue weighted by atomic mass is 10.2. The second-order valence-electron chi connectivity index (χ2n) is 5.16. The van der Waals surface area contributed by atoms with Crippen LogP contribution < -0.4 is 15.2 Å². The van der Waals surface area contributed by atoms with Gasteiger partial charge in [-0.15, -0.1) is 13.2 Å². The molecule has 3 rings (SSSR count). The number of hydrogen-bond donors (Lipinski definition) is 1. The fourth-order valence-electron chi connectivity index (χ4n) is 2.14. The van der Waals surface area contributed by atoms with E-state index in [9.17, 15) is 13.2 Å². The van der Waals surface area contributed by atoms with Crippen molar-refractivity contribution in [3.8, 4) is 28.7 Å². The molecule has 0 fully saturated rings. The van der Waals surface area contributed by atoms with E-state index < -0.39 is 6.36 Å². The molecule has 2 aromatic carbocycles. The second-order valence-corrected chi connectivity index (χ2v) is 5.16. The van der Waals surface area contributed by atoms with Crippen LogP contribution in [0.25, 0.3) is 11.5 Å². The molecule has 0 saturated carbocycles. The maximum Gasteiger partial charge on any atom is 0.573 e. The Hall–Kier alpha value is -3.16. The van der Waals surface area contributed by atoms with Crippen LogP contribution in [0.15, 0.2) is 53.1 Å². The number of hydrogen-bond acceptors (Lipinski definition) is 5. The Morgan fingerprint density at radius 2 is 1.84 bits per heavy atom. The average molecular weight is 350 g/mol. The first kappa shape index (κ1) is 16.7. The summed E-state index contributed by atoms with van der Waals surface area (Å²) in [4.78, 5) is 4.12. The van der Waals surface area contributed by atoms with Gasteiger partial charge in [-0.1, -0.05) is 6.07 Å². The fraction of sp³-hybridized carbons (Fsp3) is 0.118. The SMILES string of the molecule is Cc1cnc(-c2ccc(N)cc2Oc2cccc(OC(F)(F)F)c2)o1. The smallest absolute Gasteiger partial charge is 0.456 e. The van der Waals surface area contributed by atoms with Gasteiger partial charge in [0.15, 0.2) is 0 Å². The Bertz CT molecular complexity index is 891. The number of nitrogens with two attached hydrogens (primary N) is 1. The van der Waals surface area contributed by atoms with Crippen LogP contribution in [0.1, 0.15) is 5.76 Å². The number of anilines is 1. The van der Waals surface area contributed by atoms with Gasteiger partial charge in [-0.05, 0) is 31.2 Å². The van der Waals surface area contributed by atoms with E-state index in [4.69, 9.17) is 14.9 Å². The predicted molar refractivity (Wildman–Crippen MR) is 84.3 cm³/mol.